The van der Waals surface area contributed by atoms with E-state index in [2.05, 4.69) is 4.74 Å². The van der Waals surface area contributed by atoms with Gasteiger partial charge in [-0.05, 0) is 30.2 Å². The van der Waals surface area contributed by atoms with E-state index in [4.69, 9.17) is 5.73 Å². The van der Waals surface area contributed by atoms with Gasteiger partial charge in [-0.3, -0.25) is 0 Å². The first-order valence-electron chi connectivity index (χ1n) is 4.55. The van der Waals surface area contributed by atoms with Crippen molar-refractivity contribution in [1.82, 2.24) is 0 Å². The SMILES string of the molecule is CC(=CCN)c1cccc(OC(F)F)c1. The molecule has 0 atom stereocenters. The molecule has 0 aromatic heterocycles. The quantitative estimate of drug-likeness (QED) is 0.834. The largest absolute Gasteiger partial charge is 0.435 e. The Hall–Kier alpha value is -1.42. The lowest BCUT2D eigenvalue weighted by Gasteiger charge is -2.06. The van der Waals surface area contributed by atoms with E-state index in [9.17, 15) is 8.78 Å². The Labute approximate surface area is 87.4 Å². The lowest BCUT2D eigenvalue weighted by atomic mass is 10.1. The summed E-state index contributed by atoms with van der Waals surface area (Å²) in [5.41, 5.74) is 7.13. The fraction of sp³-hybridized carbons (Fsp3) is 0.273. The van der Waals surface area contributed by atoms with Crippen LogP contribution < -0.4 is 10.5 Å². The van der Waals surface area contributed by atoms with Gasteiger partial charge in [0, 0.05) is 6.54 Å². The Balaban J connectivity index is 2.87. The zero-order valence-electron chi connectivity index (χ0n) is 8.41. The number of hydrogen-bond acceptors (Lipinski definition) is 2. The summed E-state index contributed by atoms with van der Waals surface area (Å²) in [6, 6.07) is 6.54. The van der Waals surface area contributed by atoms with E-state index in [1.165, 1.54) is 6.07 Å². The second-order valence-corrected chi connectivity index (χ2v) is 3.03. The van der Waals surface area contributed by atoms with Crippen molar-refractivity contribution in [3.63, 3.8) is 0 Å². The molecular formula is C11H13F2NO. The minimum atomic E-state index is -2.79. The van der Waals surface area contributed by atoms with E-state index in [0.717, 1.165) is 11.1 Å². The fourth-order valence-electron chi connectivity index (χ4n) is 1.21. The number of benzene rings is 1. The molecule has 0 heterocycles. The molecular weight excluding hydrogens is 200 g/mol. The molecule has 2 nitrogen and oxygen atoms in total. The molecule has 2 N–H and O–H groups in total. The average Bonchev–Trinajstić information content (AvgIpc) is 2.17. The standard InChI is InChI=1S/C11H13F2NO/c1-8(5-6-14)9-3-2-4-10(7-9)15-11(12)13/h2-5,7,11H,6,14H2,1H3. The topological polar surface area (TPSA) is 35.2 Å². The maximum absolute atomic E-state index is 11.9. The van der Waals surface area contributed by atoms with Crippen molar-refractivity contribution in [3.05, 3.63) is 35.9 Å². The van der Waals surface area contributed by atoms with E-state index in [1.54, 1.807) is 12.1 Å². The average molecular weight is 213 g/mol. The number of ether oxygens (including phenoxy) is 1. The monoisotopic (exact) mass is 213 g/mol. The van der Waals surface area contributed by atoms with Crippen LogP contribution in [0.3, 0.4) is 0 Å². The van der Waals surface area contributed by atoms with Crippen LogP contribution in [0.1, 0.15) is 12.5 Å². The van der Waals surface area contributed by atoms with E-state index >= 15 is 0 Å². The van der Waals surface area contributed by atoms with Crippen LogP contribution in [0, 0.1) is 0 Å². The Morgan fingerprint density at radius 3 is 2.87 bits per heavy atom. The van der Waals surface area contributed by atoms with Gasteiger partial charge < -0.3 is 10.5 Å². The van der Waals surface area contributed by atoms with Crippen LogP contribution in [-0.4, -0.2) is 13.2 Å². The summed E-state index contributed by atoms with van der Waals surface area (Å²) in [4.78, 5) is 0. The minimum absolute atomic E-state index is 0.160. The Morgan fingerprint density at radius 1 is 1.53 bits per heavy atom. The lowest BCUT2D eigenvalue weighted by Crippen LogP contribution is -2.02. The van der Waals surface area contributed by atoms with Crippen LogP contribution in [0.5, 0.6) is 5.75 Å². The molecule has 82 valence electrons. The van der Waals surface area contributed by atoms with Gasteiger partial charge in [0.15, 0.2) is 0 Å². The molecule has 0 aliphatic carbocycles. The highest BCUT2D eigenvalue weighted by atomic mass is 19.3. The number of nitrogens with two attached hydrogens (primary N) is 1. The first kappa shape index (κ1) is 11.7. The second-order valence-electron chi connectivity index (χ2n) is 3.03. The highest BCUT2D eigenvalue weighted by Gasteiger charge is 2.04. The van der Waals surface area contributed by atoms with Crippen LogP contribution in [0.25, 0.3) is 5.57 Å². The lowest BCUT2D eigenvalue weighted by molar-refractivity contribution is -0.0498. The molecule has 0 radical (unpaired) electrons. The zero-order chi connectivity index (χ0) is 11.3. The summed E-state index contributed by atoms with van der Waals surface area (Å²) in [5, 5.41) is 0. The first-order chi connectivity index (χ1) is 7.13. The third-order valence-electron chi connectivity index (χ3n) is 1.94. The number of rotatable bonds is 4. The summed E-state index contributed by atoms with van der Waals surface area (Å²) >= 11 is 0. The second kappa shape index (κ2) is 5.46. The predicted octanol–water partition coefficient (Wildman–Crippen LogP) is 2.65. The van der Waals surface area contributed by atoms with Gasteiger partial charge in [0.2, 0.25) is 0 Å². The summed E-state index contributed by atoms with van der Waals surface area (Å²) < 4.78 is 28.2. The van der Waals surface area contributed by atoms with Crippen molar-refractivity contribution >= 4 is 5.57 Å². The van der Waals surface area contributed by atoms with Crippen molar-refractivity contribution in [1.29, 1.82) is 0 Å². The van der Waals surface area contributed by atoms with Crippen LogP contribution in [0.15, 0.2) is 30.3 Å². The van der Waals surface area contributed by atoms with E-state index < -0.39 is 6.61 Å². The van der Waals surface area contributed by atoms with Crippen LogP contribution in [-0.2, 0) is 0 Å². The smallest absolute Gasteiger partial charge is 0.387 e. The van der Waals surface area contributed by atoms with Gasteiger partial charge in [-0.2, -0.15) is 8.78 Å². The minimum Gasteiger partial charge on any atom is -0.435 e. The Kier molecular flexibility index (Phi) is 4.24. The summed E-state index contributed by atoms with van der Waals surface area (Å²) in [7, 11) is 0. The molecule has 1 aromatic rings. The maximum Gasteiger partial charge on any atom is 0.387 e. The van der Waals surface area contributed by atoms with Gasteiger partial charge in [0.1, 0.15) is 5.75 Å². The zero-order valence-corrected chi connectivity index (χ0v) is 8.41. The van der Waals surface area contributed by atoms with Crippen molar-refractivity contribution in [2.24, 2.45) is 5.73 Å². The molecule has 0 bridgehead atoms. The van der Waals surface area contributed by atoms with Gasteiger partial charge in [-0.25, -0.2) is 0 Å². The van der Waals surface area contributed by atoms with Crippen LogP contribution in [0.4, 0.5) is 8.78 Å². The van der Waals surface area contributed by atoms with Gasteiger partial charge in [0.05, 0.1) is 0 Å². The van der Waals surface area contributed by atoms with E-state index in [0.29, 0.717) is 6.54 Å². The normalized spacial score (nSPS) is 11.9. The molecule has 0 saturated carbocycles. The summed E-state index contributed by atoms with van der Waals surface area (Å²) in [6.07, 6.45) is 1.82. The molecule has 0 aliphatic rings. The van der Waals surface area contributed by atoms with E-state index in [1.807, 2.05) is 19.1 Å². The Bertz CT molecular complexity index is 350. The molecule has 1 aromatic carbocycles. The van der Waals surface area contributed by atoms with Gasteiger partial charge in [-0.1, -0.05) is 18.2 Å². The summed E-state index contributed by atoms with van der Waals surface area (Å²) in [6.45, 7) is -0.501. The third kappa shape index (κ3) is 3.67. The summed E-state index contributed by atoms with van der Waals surface area (Å²) in [5.74, 6) is 0.160. The highest BCUT2D eigenvalue weighted by Crippen LogP contribution is 2.20. The molecule has 0 spiro atoms. The van der Waals surface area contributed by atoms with Crippen molar-refractivity contribution in [2.75, 3.05) is 6.54 Å². The third-order valence-corrected chi connectivity index (χ3v) is 1.94. The predicted molar refractivity (Wildman–Crippen MR) is 55.8 cm³/mol. The van der Waals surface area contributed by atoms with Crippen LogP contribution >= 0.6 is 0 Å². The van der Waals surface area contributed by atoms with E-state index in [-0.39, 0.29) is 5.75 Å². The molecule has 1 rings (SSSR count). The number of alkyl halides is 2. The van der Waals surface area contributed by atoms with Gasteiger partial charge >= 0.3 is 6.61 Å². The van der Waals surface area contributed by atoms with Crippen molar-refractivity contribution < 1.29 is 13.5 Å². The first-order valence-corrected chi connectivity index (χ1v) is 4.55. The molecule has 0 amide bonds. The molecule has 0 aliphatic heterocycles. The van der Waals surface area contributed by atoms with Crippen molar-refractivity contribution in [3.8, 4) is 5.75 Å². The van der Waals surface area contributed by atoms with Gasteiger partial charge in [0.25, 0.3) is 0 Å². The van der Waals surface area contributed by atoms with Crippen molar-refractivity contribution in [2.45, 2.75) is 13.5 Å². The fourth-order valence-corrected chi connectivity index (χ4v) is 1.21. The number of halogens is 2. The molecule has 0 saturated heterocycles. The highest BCUT2D eigenvalue weighted by molar-refractivity contribution is 5.64. The van der Waals surface area contributed by atoms with Gasteiger partial charge in [-0.15, -0.1) is 0 Å². The molecule has 4 heteroatoms. The molecule has 15 heavy (non-hydrogen) atoms. The molecule has 0 unspecified atom stereocenters. The maximum atomic E-state index is 11.9. The number of allylic oxidation sites excluding steroid dienone is 1. The van der Waals surface area contributed by atoms with Crippen LogP contribution in [0.2, 0.25) is 0 Å². The Morgan fingerprint density at radius 2 is 2.27 bits per heavy atom. The number of hydrogen-bond donors (Lipinski definition) is 1. The molecule has 0 fully saturated rings.